The number of rotatable bonds is 3. The van der Waals surface area contributed by atoms with E-state index in [4.69, 9.17) is 4.74 Å². The molecular weight excluding hydrogens is 228 g/mol. The lowest BCUT2D eigenvalue weighted by Crippen LogP contribution is -2.55. The van der Waals surface area contributed by atoms with Crippen LogP contribution in [-0.2, 0) is 4.79 Å². The van der Waals surface area contributed by atoms with Gasteiger partial charge in [-0.1, -0.05) is 13.8 Å². The van der Waals surface area contributed by atoms with Gasteiger partial charge in [0.25, 0.3) is 0 Å². The zero-order valence-electron chi connectivity index (χ0n) is 11.4. The summed E-state index contributed by atoms with van der Waals surface area (Å²) in [7, 11) is 0. The Hall–Kier alpha value is -1.58. The van der Waals surface area contributed by atoms with Crippen molar-refractivity contribution >= 4 is 5.91 Å². The van der Waals surface area contributed by atoms with Crippen molar-refractivity contribution in [3.05, 3.63) is 23.4 Å². The van der Waals surface area contributed by atoms with Crippen molar-refractivity contribution < 1.29 is 9.53 Å². The molecule has 0 radical (unpaired) electrons. The van der Waals surface area contributed by atoms with Gasteiger partial charge in [0.2, 0.25) is 11.8 Å². The molecule has 0 aromatic carbocycles. The van der Waals surface area contributed by atoms with Crippen molar-refractivity contribution in [2.75, 3.05) is 13.1 Å². The number of likely N-dealkylation sites (tertiary alicyclic amines) is 1. The Morgan fingerprint density at radius 3 is 2.72 bits per heavy atom. The zero-order chi connectivity index (χ0) is 13.3. The summed E-state index contributed by atoms with van der Waals surface area (Å²) >= 11 is 0. The van der Waals surface area contributed by atoms with Gasteiger partial charge < -0.3 is 9.64 Å². The maximum Gasteiger partial charge on any atom is 0.219 e. The lowest BCUT2D eigenvalue weighted by Gasteiger charge is -2.38. The number of amides is 1. The highest BCUT2D eigenvalue weighted by Gasteiger charge is 2.31. The minimum absolute atomic E-state index is 0.0857. The number of ether oxygens (including phenoxy) is 1. The molecule has 1 aliphatic heterocycles. The van der Waals surface area contributed by atoms with Crippen molar-refractivity contribution in [3.63, 3.8) is 0 Å². The van der Waals surface area contributed by atoms with E-state index in [1.165, 1.54) is 5.56 Å². The third kappa shape index (κ3) is 2.47. The average Bonchev–Trinajstić information content (AvgIpc) is 2.23. The van der Waals surface area contributed by atoms with E-state index in [0.29, 0.717) is 24.9 Å². The monoisotopic (exact) mass is 248 g/mol. The van der Waals surface area contributed by atoms with Crippen LogP contribution in [0.4, 0.5) is 0 Å². The molecule has 2 heterocycles. The molecule has 1 fully saturated rings. The molecule has 1 aromatic rings. The Kier molecular flexibility index (Phi) is 3.55. The maximum absolute atomic E-state index is 11.1. The molecule has 0 N–H and O–H groups in total. The summed E-state index contributed by atoms with van der Waals surface area (Å²) in [6.07, 6.45) is 1.88. The van der Waals surface area contributed by atoms with Gasteiger partial charge in [0, 0.05) is 18.7 Å². The highest BCUT2D eigenvalue weighted by atomic mass is 16.5. The van der Waals surface area contributed by atoms with E-state index in [-0.39, 0.29) is 12.0 Å². The Bertz CT molecular complexity index is 451. The second kappa shape index (κ2) is 4.96. The lowest BCUT2D eigenvalue weighted by atomic mass is 10.00. The van der Waals surface area contributed by atoms with Crippen LogP contribution >= 0.6 is 0 Å². The number of aromatic nitrogens is 1. The topological polar surface area (TPSA) is 42.4 Å². The third-order valence-corrected chi connectivity index (χ3v) is 3.39. The molecule has 18 heavy (non-hydrogen) atoms. The van der Waals surface area contributed by atoms with Crippen LogP contribution in [0.5, 0.6) is 5.88 Å². The molecule has 0 aliphatic carbocycles. The van der Waals surface area contributed by atoms with E-state index >= 15 is 0 Å². The fraction of sp³-hybridized carbons (Fsp3) is 0.571. The summed E-state index contributed by atoms with van der Waals surface area (Å²) in [5.74, 6) is 1.27. The summed E-state index contributed by atoms with van der Waals surface area (Å²) in [6.45, 7) is 9.28. The van der Waals surface area contributed by atoms with Crippen molar-refractivity contribution in [3.8, 4) is 5.88 Å². The molecule has 1 aromatic heterocycles. The van der Waals surface area contributed by atoms with Crippen molar-refractivity contribution in [1.82, 2.24) is 9.88 Å². The second-order valence-electron chi connectivity index (χ2n) is 5.15. The Morgan fingerprint density at radius 2 is 2.17 bits per heavy atom. The summed E-state index contributed by atoms with van der Waals surface area (Å²) in [6, 6.07) is 2.04. The fourth-order valence-corrected chi connectivity index (χ4v) is 2.20. The number of carbonyl (C=O) groups is 1. The lowest BCUT2D eigenvalue weighted by molar-refractivity contribution is -0.137. The minimum atomic E-state index is 0.0857. The molecule has 0 atom stereocenters. The third-order valence-electron chi connectivity index (χ3n) is 3.39. The van der Waals surface area contributed by atoms with Gasteiger partial charge in [-0.15, -0.1) is 0 Å². The normalized spacial score (nSPS) is 15.7. The van der Waals surface area contributed by atoms with E-state index in [2.05, 4.69) is 18.8 Å². The van der Waals surface area contributed by atoms with Crippen molar-refractivity contribution in [2.45, 2.75) is 39.7 Å². The molecule has 0 bridgehead atoms. The average molecular weight is 248 g/mol. The number of carbonyl (C=O) groups excluding carboxylic acids is 1. The standard InChI is InChI=1S/C14H20N2O2/c1-9(2)13-5-6-15-14(10(13)3)18-12-7-16(8-12)11(4)17/h5-6,9,12H,7-8H2,1-4H3. The molecule has 98 valence electrons. The molecule has 2 rings (SSSR count). The van der Waals surface area contributed by atoms with Gasteiger partial charge in [0.05, 0.1) is 13.1 Å². The van der Waals surface area contributed by atoms with Crippen LogP contribution in [0.2, 0.25) is 0 Å². The first kappa shape index (κ1) is 12.9. The smallest absolute Gasteiger partial charge is 0.219 e. The molecule has 1 aliphatic rings. The van der Waals surface area contributed by atoms with Crippen LogP contribution in [0.15, 0.2) is 12.3 Å². The predicted octanol–water partition coefficient (Wildman–Crippen LogP) is 2.12. The quantitative estimate of drug-likeness (QED) is 0.823. The first-order valence-corrected chi connectivity index (χ1v) is 6.36. The van der Waals surface area contributed by atoms with Gasteiger partial charge in [0.15, 0.2) is 0 Å². The zero-order valence-corrected chi connectivity index (χ0v) is 11.4. The maximum atomic E-state index is 11.1. The second-order valence-corrected chi connectivity index (χ2v) is 5.15. The first-order valence-electron chi connectivity index (χ1n) is 6.36. The van der Waals surface area contributed by atoms with Crippen LogP contribution < -0.4 is 4.74 Å². The van der Waals surface area contributed by atoms with Crippen LogP contribution in [0.25, 0.3) is 0 Å². The summed E-state index contributed by atoms with van der Waals surface area (Å²) < 4.78 is 5.85. The van der Waals surface area contributed by atoms with Gasteiger partial charge in [0.1, 0.15) is 6.10 Å². The Balaban J connectivity index is 2.03. The number of hydrogen-bond acceptors (Lipinski definition) is 3. The van der Waals surface area contributed by atoms with Crippen LogP contribution in [0.1, 0.15) is 37.8 Å². The predicted molar refractivity (Wildman–Crippen MR) is 69.7 cm³/mol. The van der Waals surface area contributed by atoms with Crippen molar-refractivity contribution in [2.24, 2.45) is 0 Å². The number of hydrogen-bond donors (Lipinski definition) is 0. The van der Waals surface area contributed by atoms with Gasteiger partial charge in [-0.25, -0.2) is 4.98 Å². The van der Waals surface area contributed by atoms with E-state index in [1.54, 1.807) is 18.0 Å². The van der Waals surface area contributed by atoms with E-state index in [9.17, 15) is 4.79 Å². The van der Waals surface area contributed by atoms with Gasteiger partial charge >= 0.3 is 0 Å². The Morgan fingerprint density at radius 1 is 1.50 bits per heavy atom. The van der Waals surface area contributed by atoms with E-state index < -0.39 is 0 Å². The molecule has 0 unspecified atom stereocenters. The van der Waals surface area contributed by atoms with E-state index in [0.717, 1.165) is 5.56 Å². The SMILES string of the molecule is CC(=O)N1CC(Oc2nccc(C(C)C)c2C)C1. The first-order chi connectivity index (χ1) is 8.49. The highest BCUT2D eigenvalue weighted by Crippen LogP contribution is 2.26. The minimum Gasteiger partial charge on any atom is -0.470 e. The van der Waals surface area contributed by atoms with Gasteiger partial charge in [-0.2, -0.15) is 0 Å². The van der Waals surface area contributed by atoms with E-state index in [1.807, 2.05) is 13.0 Å². The van der Waals surface area contributed by atoms with Crippen LogP contribution in [-0.4, -0.2) is 35.0 Å². The Labute approximate surface area is 108 Å². The summed E-state index contributed by atoms with van der Waals surface area (Å²) in [5.41, 5.74) is 2.37. The number of pyridine rings is 1. The molecule has 1 saturated heterocycles. The van der Waals surface area contributed by atoms with Crippen molar-refractivity contribution in [1.29, 1.82) is 0 Å². The molecule has 4 heteroatoms. The fourth-order valence-electron chi connectivity index (χ4n) is 2.20. The molecule has 1 amide bonds. The van der Waals surface area contributed by atoms with Crippen LogP contribution in [0, 0.1) is 6.92 Å². The largest absolute Gasteiger partial charge is 0.470 e. The van der Waals surface area contributed by atoms with Crippen LogP contribution in [0.3, 0.4) is 0 Å². The van der Waals surface area contributed by atoms with Gasteiger partial charge in [-0.3, -0.25) is 4.79 Å². The molecule has 0 saturated carbocycles. The molecule has 4 nitrogen and oxygen atoms in total. The molecule has 0 spiro atoms. The highest BCUT2D eigenvalue weighted by molar-refractivity contribution is 5.74. The van der Waals surface area contributed by atoms with Gasteiger partial charge in [-0.05, 0) is 24.5 Å². The number of nitrogens with zero attached hydrogens (tertiary/aromatic N) is 2. The molecular formula is C14H20N2O2. The summed E-state index contributed by atoms with van der Waals surface area (Å²) in [4.78, 5) is 17.1. The summed E-state index contributed by atoms with van der Waals surface area (Å²) in [5, 5.41) is 0.